The molecule has 2 rings (SSSR count). The molecule has 1 atom stereocenters. The molecule has 0 spiro atoms. The first-order chi connectivity index (χ1) is 9.24. The highest BCUT2D eigenvalue weighted by Crippen LogP contribution is 2.19. The van der Waals surface area contributed by atoms with E-state index < -0.39 is 0 Å². The number of likely N-dealkylation sites (tertiary alicyclic amines) is 1. The summed E-state index contributed by atoms with van der Waals surface area (Å²) < 4.78 is 5.37. The molecule has 1 N–H and O–H groups in total. The molecule has 0 radical (unpaired) electrons. The van der Waals surface area contributed by atoms with Crippen molar-refractivity contribution in [2.24, 2.45) is 0 Å². The van der Waals surface area contributed by atoms with Gasteiger partial charge in [0, 0.05) is 6.54 Å². The van der Waals surface area contributed by atoms with Crippen molar-refractivity contribution in [2.45, 2.75) is 32.2 Å². The zero-order chi connectivity index (χ0) is 13.7. The van der Waals surface area contributed by atoms with Crippen LogP contribution in [0.2, 0.25) is 0 Å². The van der Waals surface area contributed by atoms with Crippen molar-refractivity contribution in [1.29, 1.82) is 0 Å². The number of carbonyl (C=O) groups excluding carboxylic acids is 1. The van der Waals surface area contributed by atoms with Crippen LogP contribution in [0.4, 0.5) is 0 Å². The van der Waals surface area contributed by atoms with Crippen LogP contribution in [0.25, 0.3) is 0 Å². The third kappa shape index (κ3) is 3.47. The third-order valence-electron chi connectivity index (χ3n) is 3.50. The molecule has 1 aromatic rings. The predicted molar refractivity (Wildman–Crippen MR) is 73.1 cm³/mol. The number of ether oxygens (including phenoxy) is 1. The largest absolute Gasteiger partial charge is 0.494 e. The van der Waals surface area contributed by atoms with Gasteiger partial charge in [-0.25, -0.2) is 0 Å². The molecule has 0 aromatic heterocycles. The average molecular weight is 263 g/mol. The number of hydrogen-bond acceptors (Lipinski definition) is 3. The molecule has 104 valence electrons. The minimum atomic E-state index is 0.00944. The maximum atomic E-state index is 12.2. The summed E-state index contributed by atoms with van der Waals surface area (Å²) in [6.45, 7) is 3.42. The van der Waals surface area contributed by atoms with Crippen LogP contribution in [-0.2, 0) is 11.2 Å². The van der Waals surface area contributed by atoms with Crippen LogP contribution in [0.5, 0.6) is 5.75 Å². The number of aliphatic hydroxyl groups excluding tert-OH is 1. The molecule has 1 heterocycles. The Labute approximate surface area is 114 Å². The van der Waals surface area contributed by atoms with Gasteiger partial charge in [0.05, 0.1) is 25.7 Å². The minimum Gasteiger partial charge on any atom is -0.494 e. The van der Waals surface area contributed by atoms with E-state index >= 15 is 0 Å². The van der Waals surface area contributed by atoms with Gasteiger partial charge in [-0.15, -0.1) is 0 Å². The lowest BCUT2D eigenvalue weighted by Crippen LogP contribution is -2.38. The van der Waals surface area contributed by atoms with Crippen LogP contribution in [0, 0.1) is 0 Å². The normalized spacial score (nSPS) is 18.6. The summed E-state index contributed by atoms with van der Waals surface area (Å²) >= 11 is 0. The Hall–Kier alpha value is -1.55. The number of carbonyl (C=O) groups is 1. The van der Waals surface area contributed by atoms with E-state index in [0.29, 0.717) is 13.0 Å². The van der Waals surface area contributed by atoms with Gasteiger partial charge in [-0.1, -0.05) is 12.1 Å². The minimum absolute atomic E-state index is 0.00944. The monoisotopic (exact) mass is 263 g/mol. The average Bonchev–Trinajstić information content (AvgIpc) is 2.90. The topological polar surface area (TPSA) is 49.8 Å². The van der Waals surface area contributed by atoms with Gasteiger partial charge in [0.1, 0.15) is 5.75 Å². The number of hydrogen-bond donors (Lipinski definition) is 1. The van der Waals surface area contributed by atoms with Gasteiger partial charge in [-0.3, -0.25) is 4.79 Å². The Morgan fingerprint density at radius 1 is 1.42 bits per heavy atom. The summed E-state index contributed by atoms with van der Waals surface area (Å²) in [4.78, 5) is 14.0. The fourth-order valence-electron chi connectivity index (χ4n) is 2.50. The fourth-order valence-corrected chi connectivity index (χ4v) is 2.50. The molecule has 1 fully saturated rings. The van der Waals surface area contributed by atoms with Crippen LogP contribution in [0.3, 0.4) is 0 Å². The molecule has 1 aliphatic rings. The van der Waals surface area contributed by atoms with Gasteiger partial charge in [0.25, 0.3) is 0 Å². The zero-order valence-corrected chi connectivity index (χ0v) is 11.3. The number of nitrogens with zero attached hydrogens (tertiary/aromatic N) is 1. The van der Waals surface area contributed by atoms with E-state index in [1.54, 1.807) is 4.90 Å². The molecule has 1 aromatic carbocycles. The zero-order valence-electron chi connectivity index (χ0n) is 11.3. The maximum Gasteiger partial charge on any atom is 0.227 e. The quantitative estimate of drug-likeness (QED) is 0.878. The van der Waals surface area contributed by atoms with Crippen LogP contribution in [0.15, 0.2) is 24.3 Å². The first kappa shape index (κ1) is 13.9. The molecule has 0 unspecified atom stereocenters. The first-order valence-corrected chi connectivity index (χ1v) is 6.86. The highest BCUT2D eigenvalue weighted by atomic mass is 16.5. The summed E-state index contributed by atoms with van der Waals surface area (Å²) in [6, 6.07) is 7.63. The van der Waals surface area contributed by atoms with Gasteiger partial charge in [-0.05, 0) is 37.5 Å². The number of amides is 1. The molecule has 0 saturated carbocycles. The van der Waals surface area contributed by atoms with Crippen LogP contribution in [-0.4, -0.2) is 41.7 Å². The molecule has 4 heteroatoms. The van der Waals surface area contributed by atoms with E-state index in [9.17, 15) is 9.90 Å². The first-order valence-electron chi connectivity index (χ1n) is 6.86. The lowest BCUT2D eigenvalue weighted by Gasteiger charge is -2.23. The lowest BCUT2D eigenvalue weighted by molar-refractivity contribution is -0.131. The summed E-state index contributed by atoms with van der Waals surface area (Å²) in [7, 11) is 0. The second-order valence-corrected chi connectivity index (χ2v) is 4.82. The van der Waals surface area contributed by atoms with Crippen molar-refractivity contribution < 1.29 is 14.6 Å². The van der Waals surface area contributed by atoms with Crippen molar-refractivity contribution >= 4 is 5.91 Å². The summed E-state index contributed by atoms with van der Waals surface area (Å²) in [5, 5.41) is 9.24. The second kappa shape index (κ2) is 6.57. The number of rotatable bonds is 5. The van der Waals surface area contributed by atoms with Crippen molar-refractivity contribution in [2.75, 3.05) is 19.8 Å². The van der Waals surface area contributed by atoms with Crippen LogP contribution in [0.1, 0.15) is 25.3 Å². The van der Waals surface area contributed by atoms with Gasteiger partial charge in [-0.2, -0.15) is 0 Å². The maximum absolute atomic E-state index is 12.2. The summed E-state index contributed by atoms with van der Waals surface area (Å²) in [6.07, 6.45) is 2.29. The SMILES string of the molecule is CCOc1ccc(CC(=O)N2CCC[C@H]2CO)cc1. The highest BCUT2D eigenvalue weighted by molar-refractivity contribution is 5.79. The van der Waals surface area contributed by atoms with E-state index in [-0.39, 0.29) is 18.6 Å². The van der Waals surface area contributed by atoms with Crippen molar-refractivity contribution in [3.8, 4) is 5.75 Å². The number of aliphatic hydroxyl groups is 1. The van der Waals surface area contributed by atoms with E-state index in [1.807, 2.05) is 31.2 Å². The van der Waals surface area contributed by atoms with Crippen molar-refractivity contribution in [1.82, 2.24) is 4.90 Å². The summed E-state index contributed by atoms with van der Waals surface area (Å²) in [5.41, 5.74) is 0.983. The van der Waals surface area contributed by atoms with E-state index in [4.69, 9.17) is 4.74 Å². The van der Waals surface area contributed by atoms with Crippen molar-refractivity contribution in [3.63, 3.8) is 0 Å². The van der Waals surface area contributed by atoms with Gasteiger partial charge in [0.2, 0.25) is 5.91 Å². The molecule has 1 aliphatic heterocycles. The van der Waals surface area contributed by atoms with E-state index in [0.717, 1.165) is 30.7 Å². The van der Waals surface area contributed by atoms with Crippen LogP contribution < -0.4 is 4.74 Å². The Kier molecular flexibility index (Phi) is 4.80. The molecule has 19 heavy (non-hydrogen) atoms. The number of benzene rings is 1. The third-order valence-corrected chi connectivity index (χ3v) is 3.50. The van der Waals surface area contributed by atoms with Crippen molar-refractivity contribution in [3.05, 3.63) is 29.8 Å². The molecule has 0 bridgehead atoms. The summed E-state index contributed by atoms with van der Waals surface area (Å²) in [5.74, 6) is 0.925. The Morgan fingerprint density at radius 3 is 2.79 bits per heavy atom. The molecule has 4 nitrogen and oxygen atoms in total. The predicted octanol–water partition coefficient (Wildman–Crippen LogP) is 1.61. The molecule has 0 aliphatic carbocycles. The molecule has 1 amide bonds. The van der Waals surface area contributed by atoms with E-state index in [1.165, 1.54) is 0 Å². The smallest absolute Gasteiger partial charge is 0.227 e. The standard InChI is InChI=1S/C15H21NO3/c1-2-19-14-7-5-12(6-8-14)10-15(18)16-9-3-4-13(16)11-17/h5-8,13,17H,2-4,9-11H2,1H3/t13-/m0/s1. The van der Waals surface area contributed by atoms with Gasteiger partial charge >= 0.3 is 0 Å². The Balaban J connectivity index is 1.94. The fraction of sp³-hybridized carbons (Fsp3) is 0.533. The molecular formula is C15H21NO3. The van der Waals surface area contributed by atoms with Gasteiger partial charge in [0.15, 0.2) is 0 Å². The van der Waals surface area contributed by atoms with Crippen LogP contribution >= 0.6 is 0 Å². The Morgan fingerprint density at radius 2 is 2.16 bits per heavy atom. The Bertz CT molecular complexity index is 416. The highest BCUT2D eigenvalue weighted by Gasteiger charge is 2.27. The van der Waals surface area contributed by atoms with Gasteiger partial charge < -0.3 is 14.7 Å². The lowest BCUT2D eigenvalue weighted by atomic mass is 10.1. The molecule has 1 saturated heterocycles. The van der Waals surface area contributed by atoms with E-state index in [2.05, 4.69) is 0 Å². The second-order valence-electron chi connectivity index (χ2n) is 4.82. The molecular weight excluding hydrogens is 242 g/mol.